The van der Waals surface area contributed by atoms with Crippen molar-refractivity contribution in [3.05, 3.63) is 77.2 Å². The van der Waals surface area contributed by atoms with Gasteiger partial charge in [0, 0.05) is 44.3 Å². The van der Waals surface area contributed by atoms with Gasteiger partial charge in [-0.25, -0.2) is 0 Å². The molecule has 0 atom stereocenters. The van der Waals surface area contributed by atoms with Crippen LogP contribution in [-0.4, -0.2) is 56.2 Å². The first kappa shape index (κ1) is 22.1. The van der Waals surface area contributed by atoms with Gasteiger partial charge in [-0.15, -0.1) is 11.3 Å². The number of likely N-dealkylation sites (tertiary alicyclic amines) is 1. The molecule has 2 aliphatic heterocycles. The number of nitrogens with zero attached hydrogens (tertiary/aromatic N) is 2. The van der Waals surface area contributed by atoms with Crippen LogP contribution >= 0.6 is 11.3 Å². The number of carbonyl (C=O) groups excluding carboxylic acids is 1. The zero-order valence-electron chi connectivity index (χ0n) is 18.9. The van der Waals surface area contributed by atoms with Crippen molar-refractivity contribution in [2.75, 3.05) is 44.3 Å². The number of rotatable bonds is 6. The molecule has 0 saturated carbocycles. The van der Waals surface area contributed by atoms with Gasteiger partial charge in [-0.3, -0.25) is 9.69 Å². The molecule has 0 aliphatic carbocycles. The molecule has 0 radical (unpaired) electrons. The van der Waals surface area contributed by atoms with Gasteiger partial charge in [-0.2, -0.15) is 0 Å². The van der Waals surface area contributed by atoms with Crippen LogP contribution in [0.3, 0.4) is 0 Å². The fourth-order valence-electron chi connectivity index (χ4n) is 4.65. The number of carbonyl (C=O) groups is 1. The van der Waals surface area contributed by atoms with E-state index in [9.17, 15) is 4.79 Å². The number of ether oxygens (including phenoxy) is 1. The lowest BCUT2D eigenvalue weighted by atomic mass is 10.0. The molecule has 5 nitrogen and oxygen atoms in total. The molecule has 6 heteroatoms. The first-order chi connectivity index (χ1) is 16.3. The molecule has 0 bridgehead atoms. The van der Waals surface area contributed by atoms with E-state index < -0.39 is 0 Å². The lowest BCUT2D eigenvalue weighted by Crippen LogP contribution is -2.44. The van der Waals surface area contributed by atoms with Crippen molar-refractivity contribution in [2.45, 2.75) is 25.4 Å². The first-order valence-electron chi connectivity index (χ1n) is 11.9. The van der Waals surface area contributed by atoms with E-state index in [0.717, 1.165) is 74.8 Å². The maximum Gasteiger partial charge on any atom is 0.261 e. The monoisotopic (exact) mass is 461 g/mol. The highest BCUT2D eigenvalue weighted by molar-refractivity contribution is 7.18. The Hall–Kier alpha value is -2.67. The van der Waals surface area contributed by atoms with E-state index in [-0.39, 0.29) is 11.9 Å². The first-order valence-corrected chi connectivity index (χ1v) is 12.7. The van der Waals surface area contributed by atoms with E-state index in [1.54, 1.807) is 11.3 Å². The van der Waals surface area contributed by atoms with Crippen LogP contribution in [0.4, 0.5) is 5.00 Å². The van der Waals surface area contributed by atoms with Crippen LogP contribution in [-0.2, 0) is 11.3 Å². The lowest BCUT2D eigenvalue weighted by Gasteiger charge is -2.32. The predicted molar refractivity (Wildman–Crippen MR) is 135 cm³/mol. The largest absolute Gasteiger partial charge is 0.378 e. The van der Waals surface area contributed by atoms with E-state index in [0.29, 0.717) is 0 Å². The molecule has 2 fully saturated rings. The summed E-state index contributed by atoms with van der Waals surface area (Å²) in [5.74, 6) is 0.0539. The van der Waals surface area contributed by atoms with Crippen LogP contribution < -0.4 is 10.2 Å². The van der Waals surface area contributed by atoms with Crippen LogP contribution in [0.2, 0.25) is 0 Å². The lowest BCUT2D eigenvalue weighted by molar-refractivity contribution is 0.0913. The summed E-state index contributed by atoms with van der Waals surface area (Å²) in [6.45, 7) is 6.19. The van der Waals surface area contributed by atoms with E-state index >= 15 is 0 Å². The fraction of sp³-hybridized carbons (Fsp3) is 0.370. The molecule has 0 spiro atoms. The molecule has 33 heavy (non-hydrogen) atoms. The summed E-state index contributed by atoms with van der Waals surface area (Å²) >= 11 is 1.61. The molecule has 1 N–H and O–H groups in total. The van der Waals surface area contributed by atoms with Gasteiger partial charge in [0.2, 0.25) is 0 Å². The van der Waals surface area contributed by atoms with Crippen molar-refractivity contribution in [3.8, 4) is 11.1 Å². The minimum atomic E-state index is 0.0539. The second-order valence-electron chi connectivity index (χ2n) is 8.80. The van der Waals surface area contributed by atoms with Crippen molar-refractivity contribution < 1.29 is 9.53 Å². The highest BCUT2D eigenvalue weighted by Crippen LogP contribution is 2.39. The molecule has 5 rings (SSSR count). The summed E-state index contributed by atoms with van der Waals surface area (Å²) in [5.41, 5.74) is 3.65. The zero-order chi connectivity index (χ0) is 22.5. The van der Waals surface area contributed by atoms with Gasteiger partial charge in [0.25, 0.3) is 5.91 Å². The fourth-order valence-corrected chi connectivity index (χ4v) is 5.79. The molecular formula is C27H31N3O2S. The van der Waals surface area contributed by atoms with E-state index in [4.69, 9.17) is 4.74 Å². The molecule has 172 valence electrons. The Morgan fingerprint density at radius 3 is 2.30 bits per heavy atom. The van der Waals surface area contributed by atoms with Crippen molar-refractivity contribution in [3.63, 3.8) is 0 Å². The van der Waals surface area contributed by atoms with Gasteiger partial charge in [0.1, 0.15) is 0 Å². The minimum Gasteiger partial charge on any atom is -0.378 e. The van der Waals surface area contributed by atoms with Crippen molar-refractivity contribution in [1.82, 2.24) is 10.2 Å². The number of nitrogens with one attached hydrogen (secondary N) is 1. The molecular weight excluding hydrogens is 430 g/mol. The van der Waals surface area contributed by atoms with E-state index in [2.05, 4.69) is 75.8 Å². The van der Waals surface area contributed by atoms with Crippen molar-refractivity contribution in [2.24, 2.45) is 0 Å². The van der Waals surface area contributed by atoms with Crippen LogP contribution in [0, 0.1) is 0 Å². The van der Waals surface area contributed by atoms with Gasteiger partial charge in [0.15, 0.2) is 0 Å². The average Bonchev–Trinajstić information content (AvgIpc) is 3.33. The van der Waals surface area contributed by atoms with Crippen LogP contribution in [0.5, 0.6) is 0 Å². The summed E-state index contributed by atoms with van der Waals surface area (Å²) in [6.07, 6.45) is 1.98. The van der Waals surface area contributed by atoms with Gasteiger partial charge < -0.3 is 15.0 Å². The average molecular weight is 462 g/mol. The topological polar surface area (TPSA) is 44.8 Å². The Bertz CT molecular complexity index is 1040. The third-order valence-corrected chi connectivity index (χ3v) is 7.69. The molecule has 2 aromatic carbocycles. The van der Waals surface area contributed by atoms with E-state index in [1.807, 2.05) is 6.07 Å². The minimum absolute atomic E-state index is 0.0539. The summed E-state index contributed by atoms with van der Waals surface area (Å²) in [5, 5.41) is 4.49. The number of benzene rings is 2. The molecule has 0 unspecified atom stereocenters. The number of piperidine rings is 1. The Balaban J connectivity index is 1.25. The molecule has 1 amide bonds. The van der Waals surface area contributed by atoms with Crippen LogP contribution in [0.15, 0.2) is 66.7 Å². The normalized spacial score (nSPS) is 17.8. The number of morpholine rings is 1. The predicted octanol–water partition coefficient (Wildman–Crippen LogP) is 4.65. The summed E-state index contributed by atoms with van der Waals surface area (Å²) < 4.78 is 5.55. The third kappa shape index (κ3) is 5.46. The third-order valence-electron chi connectivity index (χ3n) is 6.49. The number of hydrogen-bond donors (Lipinski definition) is 1. The Morgan fingerprint density at radius 1 is 0.939 bits per heavy atom. The van der Waals surface area contributed by atoms with Crippen molar-refractivity contribution >= 4 is 22.2 Å². The number of hydrogen-bond acceptors (Lipinski definition) is 5. The molecule has 3 aromatic rings. The molecule has 3 heterocycles. The summed E-state index contributed by atoms with van der Waals surface area (Å²) in [4.78, 5) is 18.8. The Labute approximate surface area is 200 Å². The van der Waals surface area contributed by atoms with E-state index in [1.165, 1.54) is 10.6 Å². The second kappa shape index (κ2) is 10.5. The summed E-state index contributed by atoms with van der Waals surface area (Å²) in [6, 6.07) is 23.3. The maximum absolute atomic E-state index is 13.2. The second-order valence-corrected chi connectivity index (χ2v) is 9.84. The molecule has 2 aliphatic rings. The van der Waals surface area contributed by atoms with Gasteiger partial charge in [-0.1, -0.05) is 60.7 Å². The zero-order valence-corrected chi connectivity index (χ0v) is 19.7. The molecule has 2 saturated heterocycles. The van der Waals surface area contributed by atoms with Gasteiger partial charge >= 0.3 is 0 Å². The standard InChI is InChI=1S/C27H31N3O2S/c31-26(28-23-11-13-29(14-12-23)20-21-7-3-1-4-8-21)25-19-24(22-9-5-2-6-10-22)27(33-25)30-15-17-32-18-16-30/h1-10,19,23H,11-18,20H2,(H,28,31). The summed E-state index contributed by atoms with van der Waals surface area (Å²) in [7, 11) is 0. The Morgan fingerprint density at radius 2 is 1.61 bits per heavy atom. The quantitative estimate of drug-likeness (QED) is 0.581. The van der Waals surface area contributed by atoms with Gasteiger partial charge in [0.05, 0.1) is 23.1 Å². The number of amides is 1. The smallest absolute Gasteiger partial charge is 0.261 e. The maximum atomic E-state index is 13.2. The highest BCUT2D eigenvalue weighted by Gasteiger charge is 2.25. The number of thiophene rings is 1. The van der Waals surface area contributed by atoms with Crippen LogP contribution in [0.25, 0.3) is 11.1 Å². The Kier molecular flexibility index (Phi) is 7.05. The molecule has 1 aromatic heterocycles. The van der Waals surface area contributed by atoms with Crippen molar-refractivity contribution in [1.29, 1.82) is 0 Å². The van der Waals surface area contributed by atoms with Crippen LogP contribution in [0.1, 0.15) is 28.1 Å². The number of anilines is 1. The van der Waals surface area contributed by atoms with Gasteiger partial charge in [-0.05, 0) is 30.0 Å². The highest BCUT2D eigenvalue weighted by atomic mass is 32.1. The SMILES string of the molecule is O=C(NC1CCN(Cc2ccccc2)CC1)c1cc(-c2ccccc2)c(N2CCOCC2)s1.